The van der Waals surface area contributed by atoms with Crippen molar-refractivity contribution in [1.82, 2.24) is 14.0 Å². The second-order valence-corrected chi connectivity index (χ2v) is 14.7. The summed E-state index contributed by atoms with van der Waals surface area (Å²) in [7, 11) is -8.10. The Kier molecular flexibility index (Phi) is 9.45. The zero-order valence-corrected chi connectivity index (χ0v) is 26.8. The van der Waals surface area contributed by atoms with Gasteiger partial charge in [0, 0.05) is 19.6 Å². The number of sulfonamides is 2. The lowest BCUT2D eigenvalue weighted by Crippen LogP contribution is -2.60. The van der Waals surface area contributed by atoms with E-state index in [0.717, 1.165) is 24.9 Å². The van der Waals surface area contributed by atoms with Crippen LogP contribution in [0.15, 0.2) is 142 Å². The molecule has 12 heteroatoms. The number of rotatable bonds is 10. The van der Waals surface area contributed by atoms with Gasteiger partial charge in [-0.1, -0.05) is 72.8 Å². The van der Waals surface area contributed by atoms with E-state index in [2.05, 4.69) is 34.8 Å². The third-order valence-corrected chi connectivity index (χ3v) is 11.6. The molecule has 0 saturated carbocycles. The molecule has 10 nitrogen and oxygen atoms in total. The summed E-state index contributed by atoms with van der Waals surface area (Å²) in [5, 5.41) is 6.35. The Morgan fingerprint density at radius 1 is 0.745 bits per heavy atom. The highest BCUT2D eigenvalue weighted by Gasteiger charge is 2.43. The van der Waals surface area contributed by atoms with E-state index in [1.54, 1.807) is 60.7 Å². The number of carbonyl (C=O) groups is 1. The largest absolute Gasteiger partial charge is 0.489 e. The lowest BCUT2D eigenvalue weighted by molar-refractivity contribution is -0.125. The smallest absolute Gasteiger partial charge is 0.259 e. The topological polar surface area (TPSA) is 125 Å². The third kappa shape index (κ3) is 7.26. The number of nitrogens with zero attached hydrogens (tertiary/aromatic N) is 3. The van der Waals surface area contributed by atoms with Crippen molar-refractivity contribution in [1.29, 1.82) is 0 Å². The first-order valence-electron chi connectivity index (χ1n) is 14.9. The molecule has 1 heterocycles. The van der Waals surface area contributed by atoms with Crippen LogP contribution in [0.3, 0.4) is 0 Å². The molecule has 47 heavy (non-hydrogen) atoms. The maximum Gasteiger partial charge on any atom is 0.259 e. The number of hydrogen-bond donors (Lipinski definition) is 1. The van der Waals surface area contributed by atoms with Gasteiger partial charge in [0.15, 0.2) is 0 Å². The van der Waals surface area contributed by atoms with Gasteiger partial charge < -0.3 is 4.74 Å². The van der Waals surface area contributed by atoms with E-state index in [4.69, 9.17) is 4.74 Å². The van der Waals surface area contributed by atoms with E-state index < -0.39 is 32.0 Å². The minimum Gasteiger partial charge on any atom is -0.489 e. The standard InChI is InChI=1S/C35H32N4O6S2/c40-35(37-36-24-27-16-19-31(20-17-27)45-26-28-15-18-29-9-7-8-10-30(29)23-28)34-25-38(46(41,42)32-11-3-1-4-12-32)21-22-39(34)47(43,44)33-13-5-2-6-14-33/h1-20,23-24,34H,21-22,25-26H2,(H,37,40)/b36-24-/t34-/m1/s1. The van der Waals surface area contributed by atoms with Gasteiger partial charge in [0.2, 0.25) is 20.0 Å². The van der Waals surface area contributed by atoms with Gasteiger partial charge in [0.1, 0.15) is 18.4 Å². The third-order valence-electron chi connectivity index (χ3n) is 7.82. The molecule has 5 aromatic carbocycles. The predicted octanol–water partition coefficient (Wildman–Crippen LogP) is 4.63. The number of hydrogen-bond acceptors (Lipinski definition) is 7. The minimum atomic E-state index is -4.12. The second kappa shape index (κ2) is 13.9. The molecule has 1 aliphatic rings. The summed E-state index contributed by atoms with van der Waals surface area (Å²) in [6, 6.07) is 35.6. The molecule has 1 N–H and O–H groups in total. The molecule has 1 atom stereocenters. The number of benzene rings is 5. The average Bonchev–Trinajstić information content (AvgIpc) is 3.11. The normalized spacial score (nSPS) is 16.3. The molecule has 1 aliphatic heterocycles. The van der Waals surface area contributed by atoms with Gasteiger partial charge in [0.05, 0.1) is 16.0 Å². The van der Waals surface area contributed by atoms with E-state index in [9.17, 15) is 21.6 Å². The van der Waals surface area contributed by atoms with E-state index in [1.807, 2.05) is 18.2 Å². The van der Waals surface area contributed by atoms with Gasteiger partial charge in [-0.15, -0.1) is 0 Å². The molecule has 0 aliphatic carbocycles. The van der Waals surface area contributed by atoms with E-state index in [-0.39, 0.29) is 29.4 Å². The monoisotopic (exact) mass is 668 g/mol. The molecule has 0 aromatic heterocycles. The highest BCUT2D eigenvalue weighted by Crippen LogP contribution is 2.25. The van der Waals surface area contributed by atoms with Crippen molar-refractivity contribution in [3.8, 4) is 5.75 Å². The van der Waals surface area contributed by atoms with Crippen LogP contribution in [0.4, 0.5) is 0 Å². The van der Waals surface area contributed by atoms with Crippen LogP contribution in [0.5, 0.6) is 5.75 Å². The summed E-state index contributed by atoms with van der Waals surface area (Å²) in [5.74, 6) is -0.105. The lowest BCUT2D eigenvalue weighted by atomic mass is 10.1. The number of ether oxygens (including phenoxy) is 1. The fourth-order valence-electron chi connectivity index (χ4n) is 5.32. The van der Waals surface area contributed by atoms with Gasteiger partial charge in [0.25, 0.3) is 5.91 Å². The number of carbonyl (C=O) groups excluding carboxylic acids is 1. The Balaban J connectivity index is 1.14. The van der Waals surface area contributed by atoms with E-state index in [1.165, 1.54) is 30.5 Å². The highest BCUT2D eigenvalue weighted by molar-refractivity contribution is 7.89. The van der Waals surface area contributed by atoms with Crippen LogP contribution in [-0.4, -0.2) is 63.2 Å². The minimum absolute atomic E-state index is 0.00333. The Labute approximate surface area is 274 Å². The van der Waals surface area contributed by atoms with Gasteiger partial charge in [-0.3, -0.25) is 4.79 Å². The summed E-state index contributed by atoms with van der Waals surface area (Å²) in [5.41, 5.74) is 4.11. The summed E-state index contributed by atoms with van der Waals surface area (Å²) < 4.78 is 62.0. The Morgan fingerprint density at radius 2 is 1.36 bits per heavy atom. The first-order chi connectivity index (χ1) is 22.7. The Bertz CT molecular complexity index is 2110. The maximum absolute atomic E-state index is 13.6. The van der Waals surface area contributed by atoms with Crippen LogP contribution in [0.1, 0.15) is 11.1 Å². The Morgan fingerprint density at radius 3 is 2.04 bits per heavy atom. The fourth-order valence-corrected chi connectivity index (χ4v) is 8.37. The quantitative estimate of drug-likeness (QED) is 0.171. The molecule has 0 bridgehead atoms. The maximum atomic E-state index is 13.6. The first-order valence-corrected chi connectivity index (χ1v) is 17.8. The first kappa shape index (κ1) is 32.1. The van der Waals surface area contributed by atoms with Crippen LogP contribution in [0, 0.1) is 0 Å². The molecule has 1 saturated heterocycles. The van der Waals surface area contributed by atoms with Gasteiger partial charge in [-0.05, 0) is 76.5 Å². The van der Waals surface area contributed by atoms with Crippen molar-refractivity contribution < 1.29 is 26.4 Å². The van der Waals surface area contributed by atoms with Crippen LogP contribution < -0.4 is 10.2 Å². The van der Waals surface area contributed by atoms with E-state index >= 15 is 0 Å². The van der Waals surface area contributed by atoms with Crippen molar-refractivity contribution in [3.63, 3.8) is 0 Å². The SMILES string of the molecule is O=C(N/N=C\c1ccc(OCc2ccc3ccccc3c2)cc1)[C@H]1CN(S(=O)(=O)c2ccccc2)CCN1S(=O)(=O)c1ccccc1. The molecule has 0 radical (unpaired) electrons. The van der Waals surface area contributed by atoms with Crippen LogP contribution >= 0.6 is 0 Å². The van der Waals surface area contributed by atoms with Gasteiger partial charge in [-0.25, -0.2) is 22.3 Å². The number of hydrazone groups is 1. The van der Waals surface area contributed by atoms with Crippen LogP contribution in [0.25, 0.3) is 10.8 Å². The molecule has 1 fully saturated rings. The van der Waals surface area contributed by atoms with Crippen molar-refractivity contribution in [2.75, 3.05) is 19.6 Å². The number of piperazine rings is 1. The van der Waals surface area contributed by atoms with Gasteiger partial charge in [-0.2, -0.15) is 13.7 Å². The predicted molar refractivity (Wildman–Crippen MR) is 180 cm³/mol. The van der Waals surface area contributed by atoms with E-state index in [0.29, 0.717) is 17.9 Å². The summed E-state index contributed by atoms with van der Waals surface area (Å²) >= 11 is 0. The average molecular weight is 669 g/mol. The number of nitrogens with one attached hydrogen (secondary N) is 1. The van der Waals surface area contributed by atoms with Crippen molar-refractivity contribution in [3.05, 3.63) is 139 Å². The molecule has 6 rings (SSSR count). The molecule has 5 aromatic rings. The fraction of sp³-hybridized carbons (Fsp3) is 0.143. The summed E-state index contributed by atoms with van der Waals surface area (Å²) in [4.78, 5) is 13.5. The molecular weight excluding hydrogens is 637 g/mol. The Hall–Kier alpha value is -4.88. The number of fused-ring (bicyclic) bond motifs is 1. The van der Waals surface area contributed by atoms with Crippen molar-refractivity contribution in [2.45, 2.75) is 22.4 Å². The zero-order chi connectivity index (χ0) is 32.9. The molecule has 0 unspecified atom stereocenters. The number of amides is 1. The van der Waals surface area contributed by atoms with Crippen molar-refractivity contribution >= 4 is 42.9 Å². The molecule has 0 spiro atoms. The zero-order valence-electron chi connectivity index (χ0n) is 25.2. The molecular formula is C35H32N4O6S2. The van der Waals surface area contributed by atoms with Crippen molar-refractivity contribution in [2.24, 2.45) is 5.10 Å². The molecule has 1 amide bonds. The van der Waals surface area contributed by atoms with Gasteiger partial charge >= 0.3 is 0 Å². The lowest BCUT2D eigenvalue weighted by Gasteiger charge is -2.38. The molecule has 240 valence electrons. The summed E-state index contributed by atoms with van der Waals surface area (Å²) in [6.45, 7) is -0.319. The highest BCUT2D eigenvalue weighted by atomic mass is 32.2. The van der Waals surface area contributed by atoms with Crippen LogP contribution in [-0.2, 0) is 31.4 Å². The summed E-state index contributed by atoms with van der Waals surface area (Å²) in [6.07, 6.45) is 1.42. The van der Waals surface area contributed by atoms with Crippen LogP contribution in [0.2, 0.25) is 0 Å². The second-order valence-electron chi connectivity index (χ2n) is 10.9.